The lowest BCUT2D eigenvalue weighted by Gasteiger charge is -2.35. The maximum atomic E-state index is 5.20. The van der Waals surface area contributed by atoms with Gasteiger partial charge in [0, 0.05) is 55.7 Å². The molecule has 7 heteroatoms. The molecule has 5 rings (SSSR count). The van der Waals surface area contributed by atoms with Gasteiger partial charge in [0.15, 0.2) is 0 Å². The number of aromatic nitrogens is 5. The van der Waals surface area contributed by atoms with Crippen molar-refractivity contribution in [3.05, 3.63) is 49.2 Å². The fourth-order valence-corrected chi connectivity index (χ4v) is 3.70. The first-order chi connectivity index (χ1) is 12.8. The Morgan fingerprint density at radius 3 is 3.00 bits per heavy atom. The number of nitrogens with zero attached hydrogens (tertiary/aromatic N) is 5. The average Bonchev–Trinajstić information content (AvgIpc) is 3.25. The van der Waals surface area contributed by atoms with Crippen LogP contribution in [0.3, 0.4) is 0 Å². The lowest BCUT2D eigenvalue weighted by Crippen LogP contribution is -2.38. The summed E-state index contributed by atoms with van der Waals surface area (Å²) in [5.74, 6) is 1.32. The maximum Gasteiger partial charge on any atom is 0.241 e. The molecule has 0 bridgehead atoms. The van der Waals surface area contributed by atoms with Gasteiger partial charge in [0.25, 0.3) is 0 Å². The molecule has 4 aromatic rings. The van der Waals surface area contributed by atoms with Crippen molar-refractivity contribution in [1.29, 1.82) is 0 Å². The van der Waals surface area contributed by atoms with E-state index in [0.29, 0.717) is 17.9 Å². The summed E-state index contributed by atoms with van der Waals surface area (Å²) in [6, 6.07) is 6.60. The number of rotatable bonds is 5. The van der Waals surface area contributed by atoms with Gasteiger partial charge in [0.1, 0.15) is 5.65 Å². The van der Waals surface area contributed by atoms with Crippen LogP contribution in [0.4, 0.5) is 5.95 Å². The van der Waals surface area contributed by atoms with E-state index in [2.05, 4.69) is 38.7 Å². The van der Waals surface area contributed by atoms with E-state index < -0.39 is 0 Å². The van der Waals surface area contributed by atoms with Gasteiger partial charge in [-0.1, -0.05) is 0 Å². The summed E-state index contributed by atoms with van der Waals surface area (Å²) in [6.45, 7) is 0.834. The van der Waals surface area contributed by atoms with Crippen LogP contribution in [0.15, 0.2) is 49.2 Å². The summed E-state index contributed by atoms with van der Waals surface area (Å²) >= 11 is 0. The summed E-state index contributed by atoms with van der Waals surface area (Å²) < 4.78 is 9.10. The molecule has 1 aliphatic rings. The summed E-state index contributed by atoms with van der Waals surface area (Å²) in [5.41, 5.74) is 4.15. The summed E-state index contributed by atoms with van der Waals surface area (Å²) in [6.07, 6.45) is 11.9. The van der Waals surface area contributed by atoms with E-state index in [1.54, 1.807) is 13.3 Å². The molecule has 0 radical (unpaired) electrons. The quantitative estimate of drug-likeness (QED) is 0.601. The van der Waals surface area contributed by atoms with Gasteiger partial charge >= 0.3 is 0 Å². The van der Waals surface area contributed by atoms with Crippen LogP contribution in [-0.4, -0.2) is 43.7 Å². The van der Waals surface area contributed by atoms with Crippen molar-refractivity contribution < 1.29 is 4.74 Å². The predicted molar refractivity (Wildman–Crippen MR) is 99.2 cm³/mol. The second-order valence-electron chi connectivity index (χ2n) is 6.89. The third-order valence-electron chi connectivity index (χ3n) is 5.09. The van der Waals surface area contributed by atoms with Crippen molar-refractivity contribution in [3.8, 4) is 11.1 Å². The smallest absolute Gasteiger partial charge is 0.241 e. The number of imidazole rings is 1. The van der Waals surface area contributed by atoms with Crippen LogP contribution >= 0.6 is 0 Å². The van der Waals surface area contributed by atoms with E-state index >= 15 is 0 Å². The highest BCUT2D eigenvalue weighted by Gasteiger charge is 2.29. The molecule has 1 saturated carbocycles. The number of hydrogen-bond donors (Lipinski definition) is 1. The Balaban J connectivity index is 1.39. The Bertz CT molecular complexity index is 1060. The average molecular weight is 348 g/mol. The molecule has 0 unspecified atom stereocenters. The second-order valence-corrected chi connectivity index (χ2v) is 6.89. The normalized spacial score (nSPS) is 19.7. The zero-order valence-electron chi connectivity index (χ0n) is 14.5. The molecule has 0 aromatic carbocycles. The molecule has 4 heterocycles. The highest BCUT2D eigenvalue weighted by Crippen LogP contribution is 2.30. The summed E-state index contributed by atoms with van der Waals surface area (Å²) in [7, 11) is 1.76. The maximum absolute atomic E-state index is 5.20. The van der Waals surface area contributed by atoms with Crippen molar-refractivity contribution in [1.82, 2.24) is 24.0 Å². The number of hydrogen-bond acceptors (Lipinski definition) is 5. The van der Waals surface area contributed by atoms with E-state index in [-0.39, 0.29) is 0 Å². The molecule has 132 valence electrons. The fourth-order valence-electron chi connectivity index (χ4n) is 3.70. The molecule has 0 aliphatic heterocycles. The SMILES string of the molecule is COCC1CC(Nc2ncc3c(-c4ccc5nccn5c4)ccn3n2)C1. The largest absolute Gasteiger partial charge is 0.384 e. The molecule has 0 atom stereocenters. The lowest BCUT2D eigenvalue weighted by atomic mass is 9.81. The Morgan fingerprint density at radius 1 is 1.19 bits per heavy atom. The van der Waals surface area contributed by atoms with Crippen LogP contribution in [0.2, 0.25) is 0 Å². The van der Waals surface area contributed by atoms with E-state index in [1.807, 2.05) is 33.6 Å². The monoisotopic (exact) mass is 348 g/mol. The van der Waals surface area contributed by atoms with E-state index in [0.717, 1.165) is 41.7 Å². The fraction of sp³-hybridized carbons (Fsp3) is 0.316. The number of pyridine rings is 1. The Morgan fingerprint density at radius 2 is 2.12 bits per heavy atom. The Kier molecular flexibility index (Phi) is 3.60. The zero-order valence-corrected chi connectivity index (χ0v) is 14.5. The molecular weight excluding hydrogens is 328 g/mol. The predicted octanol–water partition coefficient (Wildman–Crippen LogP) is 2.88. The minimum Gasteiger partial charge on any atom is -0.384 e. The molecule has 1 fully saturated rings. The van der Waals surface area contributed by atoms with E-state index in [9.17, 15) is 0 Å². The molecule has 0 saturated heterocycles. The Hall–Kier alpha value is -2.93. The van der Waals surface area contributed by atoms with Gasteiger partial charge in [0.2, 0.25) is 5.95 Å². The summed E-state index contributed by atoms with van der Waals surface area (Å²) in [4.78, 5) is 8.81. The van der Waals surface area contributed by atoms with Crippen molar-refractivity contribution in [2.45, 2.75) is 18.9 Å². The van der Waals surface area contributed by atoms with Gasteiger partial charge < -0.3 is 14.5 Å². The molecule has 0 amide bonds. The highest BCUT2D eigenvalue weighted by atomic mass is 16.5. The van der Waals surface area contributed by atoms with Gasteiger partial charge in [-0.3, -0.25) is 0 Å². The molecule has 7 nitrogen and oxygen atoms in total. The first kappa shape index (κ1) is 15.3. The number of ether oxygens (including phenoxy) is 1. The van der Waals surface area contributed by atoms with Crippen LogP contribution in [-0.2, 0) is 4.74 Å². The molecule has 1 aliphatic carbocycles. The summed E-state index contributed by atoms with van der Waals surface area (Å²) in [5, 5.41) is 8.03. The van der Waals surface area contributed by atoms with Crippen LogP contribution in [0, 0.1) is 5.92 Å². The van der Waals surface area contributed by atoms with Crippen molar-refractivity contribution in [2.75, 3.05) is 19.0 Å². The molecule has 1 N–H and O–H groups in total. The molecule has 26 heavy (non-hydrogen) atoms. The Labute approximate surface area is 150 Å². The number of fused-ring (bicyclic) bond motifs is 2. The van der Waals surface area contributed by atoms with Crippen molar-refractivity contribution >= 4 is 17.1 Å². The molecule has 4 aromatic heterocycles. The topological polar surface area (TPSA) is 68.8 Å². The molecular formula is C19H20N6O. The van der Waals surface area contributed by atoms with Crippen LogP contribution in [0.25, 0.3) is 22.3 Å². The second kappa shape index (κ2) is 6.10. The highest BCUT2D eigenvalue weighted by molar-refractivity contribution is 5.80. The first-order valence-corrected chi connectivity index (χ1v) is 8.83. The van der Waals surface area contributed by atoms with Crippen LogP contribution in [0.1, 0.15) is 12.8 Å². The van der Waals surface area contributed by atoms with Crippen LogP contribution in [0.5, 0.6) is 0 Å². The molecule has 0 spiro atoms. The van der Waals surface area contributed by atoms with E-state index in [4.69, 9.17) is 4.74 Å². The van der Waals surface area contributed by atoms with Crippen LogP contribution < -0.4 is 5.32 Å². The van der Waals surface area contributed by atoms with Gasteiger partial charge in [0.05, 0.1) is 11.7 Å². The van der Waals surface area contributed by atoms with Gasteiger partial charge in [-0.15, -0.1) is 5.10 Å². The third-order valence-corrected chi connectivity index (χ3v) is 5.09. The minimum absolute atomic E-state index is 0.436. The van der Waals surface area contributed by atoms with E-state index in [1.165, 1.54) is 0 Å². The van der Waals surface area contributed by atoms with Gasteiger partial charge in [-0.2, -0.15) is 0 Å². The first-order valence-electron chi connectivity index (χ1n) is 8.83. The minimum atomic E-state index is 0.436. The lowest BCUT2D eigenvalue weighted by molar-refractivity contribution is 0.104. The van der Waals surface area contributed by atoms with Crippen molar-refractivity contribution in [3.63, 3.8) is 0 Å². The number of methoxy groups -OCH3 is 1. The third kappa shape index (κ3) is 2.61. The number of nitrogens with one attached hydrogen (secondary N) is 1. The zero-order chi connectivity index (χ0) is 17.5. The van der Waals surface area contributed by atoms with Gasteiger partial charge in [-0.25, -0.2) is 14.5 Å². The number of anilines is 1. The van der Waals surface area contributed by atoms with Gasteiger partial charge in [-0.05, 0) is 37.0 Å². The standard InChI is InChI=1S/C19H20N6O/c1-26-12-13-8-15(9-13)22-19-21-10-17-16(4-6-25(17)23-19)14-2-3-18-20-5-7-24(18)11-14/h2-7,10-11,13,15H,8-9,12H2,1H3,(H,22,23). The van der Waals surface area contributed by atoms with Crippen molar-refractivity contribution in [2.24, 2.45) is 5.92 Å².